The van der Waals surface area contributed by atoms with Crippen molar-refractivity contribution in [1.29, 1.82) is 0 Å². The number of hydrogen-bond donors (Lipinski definition) is 2. The third kappa shape index (κ3) is 2.59. The lowest BCUT2D eigenvalue weighted by molar-refractivity contribution is 0.0939. The minimum absolute atomic E-state index is 0.0416. The van der Waals surface area contributed by atoms with E-state index >= 15 is 0 Å². The fourth-order valence-electron chi connectivity index (χ4n) is 2.35. The lowest BCUT2D eigenvalue weighted by Crippen LogP contribution is -2.26. The van der Waals surface area contributed by atoms with Crippen molar-refractivity contribution >= 4 is 17.2 Å². The number of hydrogen-bond acceptors (Lipinski definition) is 4. The third-order valence-electron chi connectivity index (χ3n) is 3.45. The molecular weight excluding hydrogens is 270 g/mol. The summed E-state index contributed by atoms with van der Waals surface area (Å²) < 4.78 is 0. The van der Waals surface area contributed by atoms with Crippen LogP contribution in [-0.4, -0.2) is 10.9 Å². The molecule has 2 heterocycles. The summed E-state index contributed by atoms with van der Waals surface area (Å²) in [6.45, 7) is 5.66. The van der Waals surface area contributed by atoms with Gasteiger partial charge < -0.3 is 10.6 Å². The van der Waals surface area contributed by atoms with Gasteiger partial charge in [-0.05, 0) is 37.1 Å². The molecule has 0 fully saturated rings. The summed E-state index contributed by atoms with van der Waals surface area (Å²) in [5, 5.41) is 9.23. The Kier molecular flexibility index (Phi) is 3.54. The van der Waals surface area contributed by atoms with E-state index in [1.165, 1.54) is 11.1 Å². The highest BCUT2D eigenvalue weighted by Crippen LogP contribution is 2.20. The van der Waals surface area contributed by atoms with Gasteiger partial charge in [-0.3, -0.25) is 4.79 Å². The molecule has 1 aliphatic rings. The minimum atomic E-state index is -0.0624. The quantitative estimate of drug-likeness (QED) is 0.912. The molecule has 0 spiro atoms. The van der Waals surface area contributed by atoms with Crippen molar-refractivity contribution in [2.45, 2.75) is 33.0 Å². The summed E-state index contributed by atoms with van der Waals surface area (Å²) in [6, 6.07) is 5.83. The second-order valence-corrected chi connectivity index (χ2v) is 6.00. The molecule has 0 saturated heterocycles. The van der Waals surface area contributed by atoms with E-state index in [9.17, 15) is 4.79 Å². The van der Waals surface area contributed by atoms with E-state index in [2.05, 4.69) is 15.6 Å². The molecule has 0 bridgehead atoms. The van der Waals surface area contributed by atoms with Gasteiger partial charge in [0, 0.05) is 29.7 Å². The van der Waals surface area contributed by atoms with E-state index in [1.54, 1.807) is 11.3 Å². The Balaban J connectivity index is 1.73. The maximum absolute atomic E-state index is 12.3. The first kappa shape index (κ1) is 13.3. The monoisotopic (exact) mass is 287 g/mol. The molecular formula is C15H17N3OS. The standard InChI is InChI=1S/C15H17N3OS/c1-9-8-20-15(17-9)10(2)18-14(19)11-3-4-12-6-16-7-13(12)5-11/h3-5,8,10,16H,6-7H2,1-2H3,(H,18,19). The van der Waals surface area contributed by atoms with E-state index in [-0.39, 0.29) is 11.9 Å². The van der Waals surface area contributed by atoms with Crippen LogP contribution in [0.1, 0.15) is 45.2 Å². The van der Waals surface area contributed by atoms with Crippen molar-refractivity contribution in [2.24, 2.45) is 0 Å². The Labute approximate surface area is 122 Å². The first-order valence-corrected chi connectivity index (χ1v) is 7.57. The molecule has 2 aromatic rings. The summed E-state index contributed by atoms with van der Waals surface area (Å²) in [6.07, 6.45) is 0. The Hall–Kier alpha value is -1.72. The molecule has 1 amide bonds. The first-order valence-electron chi connectivity index (χ1n) is 6.69. The van der Waals surface area contributed by atoms with E-state index in [0.29, 0.717) is 5.56 Å². The van der Waals surface area contributed by atoms with Crippen LogP contribution in [0.25, 0.3) is 0 Å². The molecule has 3 rings (SSSR count). The fourth-order valence-corrected chi connectivity index (χ4v) is 3.15. The zero-order valence-electron chi connectivity index (χ0n) is 11.6. The molecule has 4 nitrogen and oxygen atoms in total. The molecule has 0 aliphatic carbocycles. The zero-order valence-corrected chi connectivity index (χ0v) is 12.4. The highest BCUT2D eigenvalue weighted by atomic mass is 32.1. The Morgan fingerprint density at radius 2 is 2.20 bits per heavy atom. The maximum Gasteiger partial charge on any atom is 0.251 e. The number of aromatic nitrogens is 1. The second kappa shape index (κ2) is 5.34. The Bertz CT molecular complexity index is 650. The van der Waals surface area contributed by atoms with Crippen LogP contribution in [-0.2, 0) is 13.1 Å². The summed E-state index contributed by atoms with van der Waals surface area (Å²) in [4.78, 5) is 16.7. The van der Waals surface area contributed by atoms with E-state index in [0.717, 1.165) is 23.8 Å². The van der Waals surface area contributed by atoms with Gasteiger partial charge in [-0.15, -0.1) is 11.3 Å². The molecule has 5 heteroatoms. The topological polar surface area (TPSA) is 54.0 Å². The van der Waals surface area contributed by atoms with Crippen LogP contribution in [0, 0.1) is 6.92 Å². The lowest BCUT2D eigenvalue weighted by Gasteiger charge is -2.12. The SMILES string of the molecule is Cc1csc(C(C)NC(=O)c2ccc3c(c2)CNC3)n1. The van der Waals surface area contributed by atoms with Crippen LogP contribution in [0.15, 0.2) is 23.6 Å². The first-order chi connectivity index (χ1) is 9.63. The number of nitrogens with one attached hydrogen (secondary N) is 2. The lowest BCUT2D eigenvalue weighted by atomic mass is 10.1. The molecule has 1 atom stereocenters. The van der Waals surface area contributed by atoms with Crippen LogP contribution >= 0.6 is 11.3 Å². The zero-order chi connectivity index (χ0) is 14.1. The van der Waals surface area contributed by atoms with Crippen molar-refractivity contribution in [2.75, 3.05) is 0 Å². The summed E-state index contributed by atoms with van der Waals surface area (Å²) in [7, 11) is 0. The predicted molar refractivity (Wildman–Crippen MR) is 79.7 cm³/mol. The van der Waals surface area contributed by atoms with E-state index in [4.69, 9.17) is 0 Å². The van der Waals surface area contributed by atoms with Crippen molar-refractivity contribution in [3.05, 3.63) is 51.0 Å². The number of carbonyl (C=O) groups excluding carboxylic acids is 1. The summed E-state index contributed by atoms with van der Waals surface area (Å²) >= 11 is 1.58. The van der Waals surface area contributed by atoms with Gasteiger partial charge in [0.1, 0.15) is 5.01 Å². The number of carbonyl (C=O) groups is 1. The number of benzene rings is 1. The average molecular weight is 287 g/mol. The van der Waals surface area contributed by atoms with Gasteiger partial charge in [-0.25, -0.2) is 4.98 Å². The van der Waals surface area contributed by atoms with Crippen molar-refractivity contribution in [3.63, 3.8) is 0 Å². The van der Waals surface area contributed by atoms with Crippen LogP contribution in [0.4, 0.5) is 0 Å². The predicted octanol–water partition coefficient (Wildman–Crippen LogP) is 2.55. The smallest absolute Gasteiger partial charge is 0.251 e. The Morgan fingerprint density at radius 3 is 2.95 bits per heavy atom. The number of amides is 1. The van der Waals surface area contributed by atoms with Crippen LogP contribution in [0.3, 0.4) is 0 Å². The number of fused-ring (bicyclic) bond motifs is 1. The van der Waals surface area contributed by atoms with Gasteiger partial charge in [-0.2, -0.15) is 0 Å². The molecule has 1 aromatic heterocycles. The number of nitrogens with zero attached hydrogens (tertiary/aromatic N) is 1. The van der Waals surface area contributed by atoms with Crippen LogP contribution in [0.5, 0.6) is 0 Å². The van der Waals surface area contributed by atoms with Gasteiger partial charge in [0.15, 0.2) is 0 Å². The Morgan fingerprint density at radius 1 is 1.40 bits per heavy atom. The molecule has 0 saturated carbocycles. The van der Waals surface area contributed by atoms with Crippen molar-refractivity contribution < 1.29 is 4.79 Å². The minimum Gasteiger partial charge on any atom is -0.343 e. The van der Waals surface area contributed by atoms with Crippen LogP contribution in [0.2, 0.25) is 0 Å². The highest BCUT2D eigenvalue weighted by molar-refractivity contribution is 7.09. The largest absolute Gasteiger partial charge is 0.343 e. The average Bonchev–Trinajstić information content (AvgIpc) is 3.05. The molecule has 104 valence electrons. The molecule has 1 aliphatic heterocycles. The molecule has 1 unspecified atom stereocenters. The number of thiazole rings is 1. The molecule has 0 radical (unpaired) electrons. The van der Waals surface area contributed by atoms with Crippen molar-refractivity contribution in [1.82, 2.24) is 15.6 Å². The fraction of sp³-hybridized carbons (Fsp3) is 0.333. The van der Waals surface area contributed by atoms with Gasteiger partial charge in [0.05, 0.1) is 6.04 Å². The number of aryl methyl sites for hydroxylation is 1. The molecule has 1 aromatic carbocycles. The van der Waals surface area contributed by atoms with Crippen molar-refractivity contribution in [3.8, 4) is 0 Å². The van der Waals surface area contributed by atoms with Gasteiger partial charge >= 0.3 is 0 Å². The highest BCUT2D eigenvalue weighted by Gasteiger charge is 2.16. The summed E-state index contributed by atoms with van der Waals surface area (Å²) in [5.41, 5.74) is 4.21. The number of rotatable bonds is 3. The maximum atomic E-state index is 12.3. The molecule has 20 heavy (non-hydrogen) atoms. The van der Waals surface area contributed by atoms with E-state index < -0.39 is 0 Å². The van der Waals surface area contributed by atoms with E-state index in [1.807, 2.05) is 37.4 Å². The third-order valence-corrected chi connectivity index (χ3v) is 4.60. The van der Waals surface area contributed by atoms with Gasteiger partial charge in [-0.1, -0.05) is 6.07 Å². The van der Waals surface area contributed by atoms with Gasteiger partial charge in [0.25, 0.3) is 5.91 Å². The molecule has 2 N–H and O–H groups in total. The normalized spacial score (nSPS) is 14.9. The summed E-state index contributed by atoms with van der Waals surface area (Å²) in [5.74, 6) is -0.0416. The van der Waals surface area contributed by atoms with Crippen LogP contribution < -0.4 is 10.6 Å². The second-order valence-electron chi connectivity index (χ2n) is 5.11. The van der Waals surface area contributed by atoms with Gasteiger partial charge in [0.2, 0.25) is 0 Å².